The number of aromatic nitrogens is 2. The highest BCUT2D eigenvalue weighted by molar-refractivity contribution is 6.61. The molecule has 2 aliphatic rings. The summed E-state index contributed by atoms with van der Waals surface area (Å²) in [5, 5.41) is 4.59. The maximum atomic E-state index is 6.10. The number of nitrogens with zero attached hydrogens (tertiary/aromatic N) is 2. The van der Waals surface area contributed by atoms with Gasteiger partial charge in [0.2, 0.25) is 0 Å². The van der Waals surface area contributed by atoms with Crippen LogP contribution in [0.25, 0.3) is 0 Å². The molecular weight excluding hydrogens is 263 g/mol. The lowest BCUT2D eigenvalue weighted by Gasteiger charge is -2.32. The van der Waals surface area contributed by atoms with E-state index >= 15 is 0 Å². The summed E-state index contributed by atoms with van der Waals surface area (Å²) in [6.45, 7) is 10.6. The summed E-state index contributed by atoms with van der Waals surface area (Å²) in [6.07, 6.45) is 9.15. The minimum atomic E-state index is -0.301. The third kappa shape index (κ3) is 2.55. The number of hydrogen-bond acceptors (Lipinski definition) is 3. The molecule has 21 heavy (non-hydrogen) atoms. The molecule has 0 radical (unpaired) electrons. The van der Waals surface area contributed by atoms with Crippen LogP contribution in [-0.4, -0.2) is 28.1 Å². The van der Waals surface area contributed by atoms with Crippen molar-refractivity contribution in [1.82, 2.24) is 9.78 Å². The van der Waals surface area contributed by atoms with Crippen LogP contribution in [0, 0.1) is 5.92 Å². The molecule has 0 bridgehead atoms. The van der Waals surface area contributed by atoms with Gasteiger partial charge in [-0.3, -0.25) is 4.68 Å². The molecule has 1 saturated heterocycles. The molecule has 0 N–H and O–H groups in total. The van der Waals surface area contributed by atoms with E-state index in [0.29, 0.717) is 6.04 Å². The highest BCUT2D eigenvalue weighted by Crippen LogP contribution is 2.38. The second-order valence-corrected chi connectivity index (χ2v) is 7.51. The van der Waals surface area contributed by atoms with Gasteiger partial charge >= 0.3 is 7.12 Å². The van der Waals surface area contributed by atoms with Gasteiger partial charge in [-0.25, -0.2) is 0 Å². The molecule has 1 saturated carbocycles. The second-order valence-electron chi connectivity index (χ2n) is 7.51. The average Bonchev–Trinajstić information content (AvgIpc) is 3.08. The zero-order valence-corrected chi connectivity index (χ0v) is 13.9. The van der Waals surface area contributed by atoms with Crippen molar-refractivity contribution in [2.75, 3.05) is 0 Å². The predicted octanol–water partition coefficient (Wildman–Crippen LogP) is 2.93. The van der Waals surface area contributed by atoms with Crippen molar-refractivity contribution >= 4 is 12.6 Å². The van der Waals surface area contributed by atoms with Gasteiger partial charge in [0.1, 0.15) is 0 Å². The zero-order chi connectivity index (χ0) is 15.3. The fourth-order valence-electron chi connectivity index (χ4n) is 3.48. The lowest BCUT2D eigenvalue weighted by Crippen LogP contribution is -2.41. The topological polar surface area (TPSA) is 36.3 Å². The summed E-state index contributed by atoms with van der Waals surface area (Å²) in [6, 6.07) is 0.547. The summed E-state index contributed by atoms with van der Waals surface area (Å²) in [4.78, 5) is 0. The Hall–Kier alpha value is -0.805. The van der Waals surface area contributed by atoms with Gasteiger partial charge in [-0.1, -0.05) is 19.8 Å². The molecule has 4 nitrogen and oxygen atoms in total. The van der Waals surface area contributed by atoms with Gasteiger partial charge in [0, 0.05) is 17.9 Å². The van der Waals surface area contributed by atoms with Gasteiger partial charge < -0.3 is 9.31 Å². The first kappa shape index (κ1) is 15.1. The van der Waals surface area contributed by atoms with E-state index in [1.165, 1.54) is 25.7 Å². The first-order valence-electron chi connectivity index (χ1n) is 8.24. The Balaban J connectivity index is 1.77. The van der Waals surface area contributed by atoms with E-state index in [9.17, 15) is 0 Å². The predicted molar refractivity (Wildman–Crippen MR) is 84.6 cm³/mol. The molecule has 1 aromatic rings. The molecule has 0 amide bonds. The van der Waals surface area contributed by atoms with E-state index in [2.05, 4.69) is 50.6 Å². The van der Waals surface area contributed by atoms with Crippen molar-refractivity contribution in [3.8, 4) is 0 Å². The van der Waals surface area contributed by atoms with Gasteiger partial charge in [0.15, 0.2) is 0 Å². The second kappa shape index (κ2) is 5.13. The molecule has 2 atom stereocenters. The fraction of sp³-hybridized carbons (Fsp3) is 0.812. The molecular formula is C16H27BN2O2. The molecule has 116 valence electrons. The average molecular weight is 290 g/mol. The van der Waals surface area contributed by atoms with Crippen LogP contribution >= 0.6 is 0 Å². The lowest BCUT2D eigenvalue weighted by molar-refractivity contribution is 0.00578. The summed E-state index contributed by atoms with van der Waals surface area (Å²) in [7, 11) is -0.301. The molecule has 1 aliphatic heterocycles. The smallest absolute Gasteiger partial charge is 0.399 e. The number of hydrogen-bond donors (Lipinski definition) is 0. The Morgan fingerprint density at radius 1 is 1.24 bits per heavy atom. The Morgan fingerprint density at radius 3 is 2.52 bits per heavy atom. The van der Waals surface area contributed by atoms with Crippen molar-refractivity contribution in [3.05, 3.63) is 12.4 Å². The molecule has 2 heterocycles. The van der Waals surface area contributed by atoms with Crippen LogP contribution in [0.3, 0.4) is 0 Å². The van der Waals surface area contributed by atoms with E-state index in [0.717, 1.165) is 11.4 Å². The van der Waals surface area contributed by atoms with Crippen molar-refractivity contribution in [2.45, 2.75) is 77.5 Å². The van der Waals surface area contributed by atoms with Crippen LogP contribution in [0.5, 0.6) is 0 Å². The summed E-state index contributed by atoms with van der Waals surface area (Å²) >= 11 is 0. The van der Waals surface area contributed by atoms with Crippen LogP contribution in [0.15, 0.2) is 12.4 Å². The minimum absolute atomic E-state index is 0.293. The SMILES string of the molecule is CC[C@@H]1CCC[C@H]1n1cc(B2OC(C)(C)C(C)(C)O2)cn1. The third-order valence-corrected chi connectivity index (χ3v) is 5.63. The minimum Gasteiger partial charge on any atom is -0.399 e. The maximum Gasteiger partial charge on any atom is 0.498 e. The summed E-state index contributed by atoms with van der Waals surface area (Å²) in [5.41, 5.74) is 0.452. The zero-order valence-electron chi connectivity index (χ0n) is 13.9. The highest BCUT2D eigenvalue weighted by Gasteiger charge is 2.52. The molecule has 5 heteroatoms. The van der Waals surface area contributed by atoms with E-state index in [1.54, 1.807) is 0 Å². The van der Waals surface area contributed by atoms with Crippen LogP contribution in [0.4, 0.5) is 0 Å². The Bertz CT molecular complexity index is 496. The van der Waals surface area contributed by atoms with E-state index in [1.807, 2.05) is 6.20 Å². The van der Waals surface area contributed by atoms with Crippen molar-refractivity contribution in [3.63, 3.8) is 0 Å². The Morgan fingerprint density at radius 2 is 1.90 bits per heavy atom. The summed E-state index contributed by atoms with van der Waals surface area (Å²) in [5.74, 6) is 0.760. The first-order valence-corrected chi connectivity index (χ1v) is 8.24. The number of rotatable bonds is 3. The molecule has 1 aliphatic carbocycles. The van der Waals surface area contributed by atoms with Crippen LogP contribution in [0.1, 0.15) is 66.3 Å². The molecule has 0 aromatic carbocycles. The van der Waals surface area contributed by atoms with Crippen LogP contribution in [0.2, 0.25) is 0 Å². The Labute approximate surface area is 128 Å². The van der Waals surface area contributed by atoms with E-state index in [4.69, 9.17) is 9.31 Å². The monoisotopic (exact) mass is 290 g/mol. The molecule has 1 aromatic heterocycles. The normalized spacial score (nSPS) is 31.0. The standard InChI is InChI=1S/C16H27BN2O2/c1-6-12-8-7-9-14(12)19-11-13(10-18-19)17-20-15(2,3)16(4,5)21-17/h10-12,14H,6-9H2,1-5H3/t12-,14-/m1/s1. The molecule has 0 spiro atoms. The van der Waals surface area contributed by atoms with Crippen LogP contribution < -0.4 is 5.46 Å². The Kier molecular flexibility index (Phi) is 3.69. The van der Waals surface area contributed by atoms with Gasteiger partial charge in [0.25, 0.3) is 0 Å². The van der Waals surface area contributed by atoms with E-state index in [-0.39, 0.29) is 18.3 Å². The largest absolute Gasteiger partial charge is 0.498 e. The first-order chi connectivity index (χ1) is 9.84. The fourth-order valence-corrected chi connectivity index (χ4v) is 3.48. The third-order valence-electron chi connectivity index (χ3n) is 5.63. The van der Waals surface area contributed by atoms with Crippen molar-refractivity contribution < 1.29 is 9.31 Å². The van der Waals surface area contributed by atoms with Crippen molar-refractivity contribution in [1.29, 1.82) is 0 Å². The van der Waals surface area contributed by atoms with E-state index < -0.39 is 0 Å². The van der Waals surface area contributed by atoms with Gasteiger partial charge in [-0.05, 0) is 46.5 Å². The van der Waals surface area contributed by atoms with Gasteiger partial charge in [0.05, 0.1) is 17.2 Å². The maximum absolute atomic E-state index is 6.10. The molecule has 2 fully saturated rings. The quantitative estimate of drug-likeness (QED) is 0.803. The highest BCUT2D eigenvalue weighted by atomic mass is 16.7. The lowest BCUT2D eigenvalue weighted by atomic mass is 9.82. The molecule has 0 unspecified atom stereocenters. The van der Waals surface area contributed by atoms with Gasteiger partial charge in [-0.2, -0.15) is 5.10 Å². The van der Waals surface area contributed by atoms with Crippen LogP contribution in [-0.2, 0) is 9.31 Å². The van der Waals surface area contributed by atoms with Crippen molar-refractivity contribution in [2.24, 2.45) is 5.92 Å². The summed E-state index contributed by atoms with van der Waals surface area (Å²) < 4.78 is 14.3. The molecule has 3 rings (SSSR count). The van der Waals surface area contributed by atoms with Gasteiger partial charge in [-0.15, -0.1) is 0 Å².